The zero-order valence-electron chi connectivity index (χ0n) is 36.0. The second-order valence-electron chi connectivity index (χ2n) is 17.2. The van der Waals surface area contributed by atoms with Gasteiger partial charge in [0.1, 0.15) is 23.3 Å². The minimum atomic E-state index is -1.82. The monoisotopic (exact) mass is 833 g/mol. The summed E-state index contributed by atoms with van der Waals surface area (Å²) in [5.41, 5.74) is 0.364. The number of aromatic hydroxyl groups is 1. The van der Waals surface area contributed by atoms with E-state index in [9.17, 15) is 34.9 Å². The highest BCUT2D eigenvalue weighted by Crippen LogP contribution is 2.50. The number of methoxy groups -OCH3 is 1. The van der Waals surface area contributed by atoms with E-state index in [-0.39, 0.29) is 50.7 Å². The molecule has 0 radical (unpaired) electrons. The Morgan fingerprint density at radius 1 is 1.00 bits per heavy atom. The molecular weight excluding hydrogens is 775 g/mol. The van der Waals surface area contributed by atoms with Crippen LogP contribution in [0.2, 0.25) is 0 Å². The van der Waals surface area contributed by atoms with Gasteiger partial charge in [0.05, 0.1) is 52.6 Å². The number of hydrogen-bond acceptors (Lipinski definition) is 15. The van der Waals surface area contributed by atoms with Crippen LogP contribution in [-0.2, 0) is 23.8 Å². The molecule has 4 heterocycles. The van der Waals surface area contributed by atoms with Crippen molar-refractivity contribution < 1.29 is 53.9 Å². The topological polar surface area (TPSA) is 221 Å². The molecule has 6 N–H and O–H groups in total. The van der Waals surface area contributed by atoms with Crippen molar-refractivity contribution in [3.05, 3.63) is 69.8 Å². The first-order valence-corrected chi connectivity index (χ1v) is 20.5. The standard InChI is InChI=1S/C44H59N5O11/c1-21-12-11-13-22(2)42(55)46-34-33-32(47-44(20-45-33)15-17-49(9)18-16-44)29-30(38(34)54)37(53)26(6)40-31(29)41(48-56)43(8,60-40)58-19-14-28(57-10)23(3)39(59-27(7)50)25(5)36(52)24(4)35(21)51/h11-14,19,21,23-25,28,35-36,39,45,51-53,56H,15-18,20H2,1-10H3,(H,46,55)/b12-11+,19-14+,22-13-,48-41-/t21-,23+,24+,25+,28-,35-,36+,39+,43-/m0/s1. The lowest BCUT2D eigenvalue weighted by Crippen LogP contribution is -2.54. The highest BCUT2D eigenvalue weighted by molar-refractivity contribution is 6.34. The van der Waals surface area contributed by atoms with Gasteiger partial charge < -0.3 is 55.0 Å². The summed E-state index contributed by atoms with van der Waals surface area (Å²) in [6, 6.07) is 0. The third-order valence-corrected chi connectivity index (χ3v) is 13.0. The Hall–Kier alpha value is -5.03. The van der Waals surface area contributed by atoms with Crippen LogP contribution in [0.25, 0.3) is 0 Å². The van der Waals surface area contributed by atoms with Gasteiger partial charge in [0.2, 0.25) is 5.78 Å². The molecule has 9 atom stereocenters. The number of oxime groups is 1. The first-order valence-electron chi connectivity index (χ1n) is 20.5. The van der Waals surface area contributed by atoms with E-state index in [1.165, 1.54) is 27.2 Å². The molecule has 16 heteroatoms. The normalized spacial score (nSPS) is 35.0. The molecule has 0 unspecified atom stereocenters. The van der Waals surface area contributed by atoms with Crippen LogP contribution < -0.4 is 15.4 Å². The van der Waals surface area contributed by atoms with Crippen molar-refractivity contribution in [2.24, 2.45) is 33.8 Å². The Morgan fingerprint density at radius 2 is 1.68 bits per heavy atom. The number of nitrogens with zero attached hydrogens (tertiary/aromatic N) is 3. The summed E-state index contributed by atoms with van der Waals surface area (Å²) in [5, 5.41) is 55.4. The number of rotatable bonds is 2. The molecule has 1 fully saturated rings. The van der Waals surface area contributed by atoms with Crippen LogP contribution in [0, 0.1) is 30.6 Å². The van der Waals surface area contributed by atoms with Crippen LogP contribution >= 0.6 is 0 Å². The van der Waals surface area contributed by atoms with Crippen LogP contribution in [0.1, 0.15) is 88.4 Å². The molecule has 1 amide bonds. The molecular formula is C44H59N5O11. The number of allylic oxidation sites excluding steroid dienone is 4. The second-order valence-corrected chi connectivity index (χ2v) is 17.2. The predicted molar refractivity (Wildman–Crippen MR) is 222 cm³/mol. The number of aliphatic hydroxyl groups excluding tert-OH is 2. The van der Waals surface area contributed by atoms with Gasteiger partial charge >= 0.3 is 5.97 Å². The zero-order valence-corrected chi connectivity index (χ0v) is 36.0. The summed E-state index contributed by atoms with van der Waals surface area (Å²) in [6.45, 7) is 14.9. The van der Waals surface area contributed by atoms with Crippen LogP contribution in [0.4, 0.5) is 0 Å². The molecule has 1 spiro atoms. The van der Waals surface area contributed by atoms with Gasteiger partial charge in [-0.3, -0.25) is 19.4 Å². The maximum atomic E-state index is 14.7. The largest absolute Gasteiger partial charge is 0.507 e. The number of likely N-dealkylation sites (tertiary alicyclic amines) is 1. The first kappa shape index (κ1) is 44.5. The van der Waals surface area contributed by atoms with Gasteiger partial charge in [-0.05, 0) is 39.8 Å². The van der Waals surface area contributed by atoms with Gasteiger partial charge in [0.15, 0.2) is 5.71 Å². The molecule has 1 saturated heterocycles. The minimum Gasteiger partial charge on any atom is -0.507 e. The van der Waals surface area contributed by atoms with E-state index in [1.807, 2.05) is 7.05 Å². The number of amides is 1. The van der Waals surface area contributed by atoms with Crippen LogP contribution in [0.15, 0.2) is 57.7 Å². The number of nitrogens with one attached hydrogen (secondary N) is 2. The fourth-order valence-corrected chi connectivity index (χ4v) is 9.00. The molecule has 16 nitrogen and oxygen atoms in total. The smallest absolute Gasteiger partial charge is 0.302 e. The minimum absolute atomic E-state index is 0.106. The lowest BCUT2D eigenvalue weighted by Gasteiger charge is -2.43. The summed E-state index contributed by atoms with van der Waals surface area (Å²) in [7, 11) is 3.51. The van der Waals surface area contributed by atoms with Gasteiger partial charge in [0.25, 0.3) is 11.7 Å². The molecule has 0 aromatic heterocycles. The second kappa shape index (κ2) is 17.1. The number of phenolic OH excluding ortho intramolecular Hbond substituents is 1. The van der Waals surface area contributed by atoms with Gasteiger partial charge in [-0.25, -0.2) is 0 Å². The number of phenols is 1. The van der Waals surface area contributed by atoms with Gasteiger partial charge in [-0.1, -0.05) is 51.1 Å². The Labute approximate surface area is 350 Å². The Kier molecular flexibility index (Phi) is 12.7. The third-order valence-electron chi connectivity index (χ3n) is 13.0. The lowest BCUT2D eigenvalue weighted by atomic mass is 9.78. The van der Waals surface area contributed by atoms with E-state index >= 15 is 0 Å². The van der Waals surface area contributed by atoms with Gasteiger partial charge in [0, 0.05) is 81.0 Å². The van der Waals surface area contributed by atoms with Crippen molar-refractivity contribution in [1.29, 1.82) is 0 Å². The number of Topliss-reactive ketones (excluding diaryl/α,β-unsaturated/α-hetero) is 1. The number of carbonyl (C=O) groups is 3. The van der Waals surface area contributed by atoms with Crippen molar-refractivity contribution >= 4 is 29.1 Å². The summed E-state index contributed by atoms with van der Waals surface area (Å²) in [4.78, 5) is 48.5. The third kappa shape index (κ3) is 7.97. The molecule has 60 heavy (non-hydrogen) atoms. The van der Waals surface area contributed by atoms with E-state index in [4.69, 9.17) is 23.9 Å². The molecule has 1 aromatic rings. The highest BCUT2D eigenvalue weighted by Gasteiger charge is 2.52. The SMILES string of the molecule is CO[C@H]1/C=C/O[C@@]2(C)Oc3c(C)c(O)c4c(c3/C2=N/O)C2=NC3(CCN(C)CC3)CNC2=C(NC(=O)/C(C)=C\C=C\[C@H](C)[C@H](O)[C@@H](C)[C@@H](O)[C@@H](C)[C@H](OC(C)=O)[C@@H]1C)C4=O. The Bertz CT molecular complexity index is 2100. The molecule has 5 bridgehead atoms. The molecule has 5 aliphatic rings. The van der Waals surface area contributed by atoms with Crippen molar-refractivity contribution in [2.45, 2.75) is 104 Å². The highest BCUT2D eigenvalue weighted by atomic mass is 16.7. The molecule has 0 saturated carbocycles. The zero-order chi connectivity index (χ0) is 44.0. The maximum Gasteiger partial charge on any atom is 0.302 e. The molecule has 6 rings (SSSR count). The van der Waals surface area contributed by atoms with E-state index in [0.29, 0.717) is 25.1 Å². The van der Waals surface area contributed by atoms with Crippen LogP contribution in [0.5, 0.6) is 11.5 Å². The first-order chi connectivity index (χ1) is 28.3. The quantitative estimate of drug-likeness (QED) is 0.143. The molecule has 4 aliphatic heterocycles. The Balaban J connectivity index is 1.54. The number of esters is 1. The molecule has 326 valence electrons. The van der Waals surface area contributed by atoms with Crippen molar-refractivity contribution in [3.8, 4) is 11.5 Å². The summed E-state index contributed by atoms with van der Waals surface area (Å²) < 4.78 is 24.3. The van der Waals surface area contributed by atoms with E-state index in [2.05, 4.69) is 20.7 Å². The summed E-state index contributed by atoms with van der Waals surface area (Å²) >= 11 is 0. The number of piperidine rings is 1. The number of aliphatic hydroxyl groups is 2. The summed E-state index contributed by atoms with van der Waals surface area (Å²) in [5.74, 6) is -6.33. The molecule has 1 aliphatic carbocycles. The van der Waals surface area contributed by atoms with E-state index in [0.717, 1.165) is 13.1 Å². The number of benzene rings is 1. The average Bonchev–Trinajstić information content (AvgIpc) is 3.52. The number of ether oxygens (including phenoxy) is 4. The van der Waals surface area contributed by atoms with Gasteiger partial charge in [-0.2, -0.15) is 0 Å². The Morgan fingerprint density at radius 3 is 2.32 bits per heavy atom. The fraction of sp³-hybridized carbons (Fsp3) is 0.568. The van der Waals surface area contributed by atoms with Crippen LogP contribution in [0.3, 0.4) is 0 Å². The van der Waals surface area contributed by atoms with Crippen molar-refractivity contribution in [1.82, 2.24) is 15.5 Å². The number of carbonyl (C=O) groups excluding carboxylic acids is 3. The number of ketones is 1. The van der Waals surface area contributed by atoms with Gasteiger partial charge in [-0.15, -0.1) is 0 Å². The van der Waals surface area contributed by atoms with E-state index < -0.39 is 82.8 Å². The van der Waals surface area contributed by atoms with Crippen LogP contribution in [-0.4, -0.2) is 124 Å². The molecule has 1 aromatic carbocycles. The van der Waals surface area contributed by atoms with Crippen molar-refractivity contribution in [3.63, 3.8) is 0 Å². The van der Waals surface area contributed by atoms with Crippen molar-refractivity contribution in [2.75, 3.05) is 33.8 Å². The average molecular weight is 834 g/mol. The van der Waals surface area contributed by atoms with E-state index in [1.54, 1.807) is 65.8 Å². The number of fused-ring (bicyclic) bond motifs is 3. The summed E-state index contributed by atoms with van der Waals surface area (Å²) in [6.07, 6.45) is 5.38. The maximum absolute atomic E-state index is 14.7. The predicted octanol–water partition coefficient (Wildman–Crippen LogP) is 3.63. The number of aliphatic imine (C=N–C) groups is 1. The lowest BCUT2D eigenvalue weighted by molar-refractivity contribution is -0.160. The fourth-order valence-electron chi connectivity index (χ4n) is 9.00. The number of hydrogen-bond donors (Lipinski definition) is 6.